The second-order valence-electron chi connectivity index (χ2n) is 8.15. The van der Waals surface area contributed by atoms with Crippen LogP contribution in [-0.2, 0) is 19.6 Å². The van der Waals surface area contributed by atoms with Crippen LogP contribution in [-0.4, -0.2) is 44.3 Å². The highest BCUT2D eigenvalue weighted by atomic mass is 32.2. The molecule has 8 nitrogen and oxygen atoms in total. The van der Waals surface area contributed by atoms with Gasteiger partial charge in [-0.1, -0.05) is 13.8 Å². The SMILES string of the molecule is CC1CC(C)CN(S(=O)(=O)c2ccc(NC(=O)COC(=O)c3ccc(F)cc3N)cc2)C1. The van der Waals surface area contributed by atoms with Crippen LogP contribution < -0.4 is 11.1 Å². The van der Waals surface area contributed by atoms with E-state index in [1.807, 2.05) is 13.8 Å². The summed E-state index contributed by atoms with van der Waals surface area (Å²) in [6.45, 7) is 4.45. The highest BCUT2D eigenvalue weighted by Gasteiger charge is 2.31. The first-order valence-corrected chi connectivity index (χ1v) is 11.6. The lowest BCUT2D eigenvalue weighted by atomic mass is 9.94. The van der Waals surface area contributed by atoms with Crippen LogP contribution in [0.1, 0.15) is 30.6 Å². The molecule has 0 radical (unpaired) electrons. The number of nitrogens with one attached hydrogen (secondary N) is 1. The molecule has 0 spiro atoms. The molecular weight excluding hydrogens is 437 g/mol. The predicted octanol–water partition coefficient (Wildman–Crippen LogP) is 2.87. The molecule has 32 heavy (non-hydrogen) atoms. The molecule has 10 heteroatoms. The summed E-state index contributed by atoms with van der Waals surface area (Å²) in [5.41, 5.74) is 5.79. The average molecular weight is 464 g/mol. The smallest absolute Gasteiger partial charge is 0.340 e. The summed E-state index contributed by atoms with van der Waals surface area (Å²) in [5, 5.41) is 2.53. The van der Waals surface area contributed by atoms with Gasteiger partial charge in [-0.15, -0.1) is 0 Å². The maximum Gasteiger partial charge on any atom is 0.340 e. The van der Waals surface area contributed by atoms with Crippen LogP contribution in [0.4, 0.5) is 15.8 Å². The molecule has 3 rings (SSSR count). The lowest BCUT2D eigenvalue weighted by molar-refractivity contribution is -0.119. The van der Waals surface area contributed by atoms with Gasteiger partial charge >= 0.3 is 5.97 Å². The third-order valence-electron chi connectivity index (χ3n) is 5.18. The van der Waals surface area contributed by atoms with E-state index in [9.17, 15) is 22.4 Å². The molecule has 1 aliphatic heterocycles. The van der Waals surface area contributed by atoms with Crippen molar-refractivity contribution in [3.63, 3.8) is 0 Å². The molecule has 2 aromatic carbocycles. The molecule has 3 N–H and O–H groups in total. The van der Waals surface area contributed by atoms with Crippen molar-refractivity contribution in [1.29, 1.82) is 0 Å². The Hall–Kier alpha value is -2.98. The molecule has 0 aliphatic carbocycles. The van der Waals surface area contributed by atoms with E-state index < -0.39 is 34.3 Å². The minimum atomic E-state index is -3.62. The summed E-state index contributed by atoms with van der Waals surface area (Å²) in [7, 11) is -3.62. The number of esters is 1. The molecular formula is C22H26FN3O5S. The van der Waals surface area contributed by atoms with Crippen LogP contribution in [0, 0.1) is 17.7 Å². The Labute approximate surface area is 186 Å². The minimum Gasteiger partial charge on any atom is -0.452 e. The zero-order valence-electron chi connectivity index (χ0n) is 17.9. The van der Waals surface area contributed by atoms with Gasteiger partial charge in [-0.05, 0) is 60.7 Å². The molecule has 172 valence electrons. The predicted molar refractivity (Wildman–Crippen MR) is 118 cm³/mol. The van der Waals surface area contributed by atoms with Crippen molar-refractivity contribution in [1.82, 2.24) is 4.31 Å². The minimum absolute atomic E-state index is 0.0462. The molecule has 2 atom stereocenters. The summed E-state index contributed by atoms with van der Waals surface area (Å²) in [6.07, 6.45) is 0.995. The van der Waals surface area contributed by atoms with Crippen molar-refractivity contribution in [3.05, 3.63) is 53.8 Å². The molecule has 1 saturated heterocycles. The zero-order valence-corrected chi connectivity index (χ0v) is 18.7. The molecule has 1 fully saturated rings. The Morgan fingerprint density at radius 1 is 1.12 bits per heavy atom. The second kappa shape index (κ2) is 9.66. The number of piperidine rings is 1. The van der Waals surface area contributed by atoms with E-state index in [0.717, 1.165) is 18.6 Å². The van der Waals surface area contributed by atoms with Gasteiger partial charge in [-0.3, -0.25) is 4.79 Å². The summed E-state index contributed by atoms with van der Waals surface area (Å²) >= 11 is 0. The standard InChI is InChI=1S/C22H26FN3O5S/c1-14-9-15(2)12-26(11-14)32(29,30)18-6-4-17(5-7-18)25-21(27)13-31-22(28)19-8-3-16(23)10-20(19)24/h3-8,10,14-15H,9,11-13,24H2,1-2H3,(H,25,27). The van der Waals surface area contributed by atoms with Crippen LogP contribution in [0.15, 0.2) is 47.4 Å². The number of benzene rings is 2. The molecule has 0 bridgehead atoms. The Bertz CT molecular complexity index is 1100. The van der Waals surface area contributed by atoms with Gasteiger partial charge in [0.05, 0.1) is 10.5 Å². The van der Waals surface area contributed by atoms with Gasteiger partial charge in [0.15, 0.2) is 6.61 Å². The number of ether oxygens (including phenoxy) is 1. The number of rotatable bonds is 6. The van der Waals surface area contributed by atoms with Gasteiger partial charge < -0.3 is 15.8 Å². The van der Waals surface area contributed by atoms with Crippen molar-refractivity contribution in [2.75, 3.05) is 30.7 Å². The number of halogens is 1. The van der Waals surface area contributed by atoms with E-state index in [1.54, 1.807) is 0 Å². The van der Waals surface area contributed by atoms with Gasteiger partial charge in [-0.2, -0.15) is 4.31 Å². The van der Waals surface area contributed by atoms with Crippen LogP contribution in [0.5, 0.6) is 0 Å². The van der Waals surface area contributed by atoms with Gasteiger partial charge in [-0.25, -0.2) is 17.6 Å². The topological polar surface area (TPSA) is 119 Å². The number of hydrogen-bond donors (Lipinski definition) is 2. The third-order valence-corrected chi connectivity index (χ3v) is 7.02. The number of anilines is 2. The van der Waals surface area contributed by atoms with Crippen molar-refractivity contribution >= 4 is 33.3 Å². The van der Waals surface area contributed by atoms with Crippen LogP contribution in [0.2, 0.25) is 0 Å². The number of amides is 1. The third kappa shape index (κ3) is 5.63. The lowest BCUT2D eigenvalue weighted by Gasteiger charge is -2.34. The van der Waals surface area contributed by atoms with Crippen LogP contribution in [0.3, 0.4) is 0 Å². The fourth-order valence-electron chi connectivity index (χ4n) is 3.79. The first-order valence-electron chi connectivity index (χ1n) is 10.2. The van der Waals surface area contributed by atoms with Crippen molar-refractivity contribution in [3.8, 4) is 0 Å². The van der Waals surface area contributed by atoms with Crippen LogP contribution in [0.25, 0.3) is 0 Å². The Morgan fingerprint density at radius 2 is 1.75 bits per heavy atom. The lowest BCUT2D eigenvalue weighted by Crippen LogP contribution is -2.42. The van der Waals surface area contributed by atoms with E-state index in [0.29, 0.717) is 30.6 Å². The quantitative estimate of drug-likeness (QED) is 0.502. The van der Waals surface area contributed by atoms with E-state index in [1.165, 1.54) is 34.6 Å². The summed E-state index contributed by atoms with van der Waals surface area (Å²) < 4.78 is 45.3. The number of sulfonamides is 1. The first-order chi connectivity index (χ1) is 15.1. The maximum absolute atomic E-state index is 13.1. The Morgan fingerprint density at radius 3 is 2.34 bits per heavy atom. The molecule has 1 aliphatic rings. The number of nitrogens with zero attached hydrogens (tertiary/aromatic N) is 1. The monoisotopic (exact) mass is 463 g/mol. The normalized spacial score (nSPS) is 19.3. The van der Waals surface area contributed by atoms with Gasteiger partial charge in [0.1, 0.15) is 5.82 Å². The van der Waals surface area contributed by atoms with Crippen molar-refractivity contribution in [2.45, 2.75) is 25.2 Å². The maximum atomic E-state index is 13.1. The number of hydrogen-bond acceptors (Lipinski definition) is 6. The summed E-state index contributed by atoms with van der Waals surface area (Å²) in [5.74, 6) is -1.48. The Kier molecular flexibility index (Phi) is 7.15. The fraction of sp³-hybridized carbons (Fsp3) is 0.364. The summed E-state index contributed by atoms with van der Waals surface area (Å²) in [6, 6.07) is 9.03. The van der Waals surface area contributed by atoms with Gasteiger partial charge in [0.25, 0.3) is 5.91 Å². The molecule has 1 amide bonds. The van der Waals surface area contributed by atoms with Gasteiger partial charge in [0.2, 0.25) is 10.0 Å². The largest absolute Gasteiger partial charge is 0.452 e. The van der Waals surface area contributed by atoms with E-state index in [2.05, 4.69) is 5.32 Å². The van der Waals surface area contributed by atoms with E-state index >= 15 is 0 Å². The molecule has 0 aromatic heterocycles. The highest BCUT2D eigenvalue weighted by molar-refractivity contribution is 7.89. The van der Waals surface area contributed by atoms with Crippen molar-refractivity contribution in [2.24, 2.45) is 11.8 Å². The van der Waals surface area contributed by atoms with E-state index in [-0.39, 0.29) is 16.1 Å². The molecule has 1 heterocycles. The molecule has 2 aromatic rings. The van der Waals surface area contributed by atoms with Crippen molar-refractivity contribution < 1.29 is 27.1 Å². The van der Waals surface area contributed by atoms with Crippen LogP contribution >= 0.6 is 0 Å². The average Bonchev–Trinajstić information content (AvgIpc) is 2.72. The first kappa shape index (κ1) is 23.7. The number of carbonyl (C=O) groups excluding carboxylic acids is 2. The Balaban J connectivity index is 1.58. The zero-order chi connectivity index (χ0) is 23.5. The van der Waals surface area contributed by atoms with E-state index in [4.69, 9.17) is 10.5 Å². The van der Waals surface area contributed by atoms with Gasteiger partial charge in [0, 0.05) is 24.5 Å². The molecule has 0 saturated carbocycles. The highest BCUT2D eigenvalue weighted by Crippen LogP contribution is 2.27. The summed E-state index contributed by atoms with van der Waals surface area (Å²) in [4.78, 5) is 24.2. The number of nitrogens with two attached hydrogens (primary N) is 1. The molecule has 2 unspecified atom stereocenters. The number of carbonyl (C=O) groups is 2. The fourth-order valence-corrected chi connectivity index (χ4v) is 5.47. The second-order valence-corrected chi connectivity index (χ2v) is 10.1. The number of nitrogen functional groups attached to an aromatic ring is 1.